The Morgan fingerprint density at radius 2 is 1.83 bits per heavy atom. The van der Waals surface area contributed by atoms with Crippen molar-refractivity contribution >= 4 is 0 Å². The van der Waals surface area contributed by atoms with E-state index < -0.39 is 0 Å². The van der Waals surface area contributed by atoms with Crippen LogP contribution < -0.4 is 5.73 Å². The van der Waals surface area contributed by atoms with Crippen molar-refractivity contribution in [3.63, 3.8) is 0 Å². The average molecular weight is 243 g/mol. The highest BCUT2D eigenvalue weighted by atomic mass is 15.3. The van der Waals surface area contributed by atoms with Crippen LogP contribution in [0.5, 0.6) is 0 Å². The molecule has 1 aromatic carbocycles. The van der Waals surface area contributed by atoms with Crippen molar-refractivity contribution in [2.75, 3.05) is 6.54 Å². The molecule has 0 radical (unpaired) electrons. The number of aryl methyl sites for hydroxylation is 2. The molecule has 0 spiro atoms. The average Bonchev–Trinajstić information content (AvgIpc) is 2.83. The van der Waals surface area contributed by atoms with Crippen LogP contribution in [0, 0.1) is 0 Å². The molecule has 0 aliphatic rings. The standard InChI is InChI=1S/C15H21N3/c1-3-13-11-14(4-2)18(17-13)15-7-5-12(6-8-15)9-10-16/h5-8,11H,3-4,9-10,16H2,1-2H3. The van der Waals surface area contributed by atoms with Crippen LogP contribution in [0.25, 0.3) is 5.69 Å². The van der Waals surface area contributed by atoms with Crippen LogP contribution >= 0.6 is 0 Å². The second-order valence-corrected chi connectivity index (χ2v) is 4.45. The quantitative estimate of drug-likeness (QED) is 0.877. The molecular weight excluding hydrogens is 222 g/mol. The van der Waals surface area contributed by atoms with E-state index in [0.717, 1.165) is 30.6 Å². The summed E-state index contributed by atoms with van der Waals surface area (Å²) in [4.78, 5) is 0. The topological polar surface area (TPSA) is 43.8 Å². The molecule has 3 nitrogen and oxygen atoms in total. The van der Waals surface area contributed by atoms with Gasteiger partial charge in [0, 0.05) is 5.69 Å². The molecule has 0 atom stereocenters. The molecule has 18 heavy (non-hydrogen) atoms. The Labute approximate surface area is 109 Å². The minimum Gasteiger partial charge on any atom is -0.330 e. The van der Waals surface area contributed by atoms with Gasteiger partial charge in [-0.25, -0.2) is 4.68 Å². The fourth-order valence-corrected chi connectivity index (χ4v) is 2.09. The second-order valence-electron chi connectivity index (χ2n) is 4.45. The van der Waals surface area contributed by atoms with Gasteiger partial charge in [0.15, 0.2) is 0 Å². The van der Waals surface area contributed by atoms with Crippen LogP contribution in [-0.2, 0) is 19.3 Å². The molecule has 1 aromatic heterocycles. The lowest BCUT2D eigenvalue weighted by molar-refractivity contribution is 0.793. The van der Waals surface area contributed by atoms with Gasteiger partial charge in [0.25, 0.3) is 0 Å². The van der Waals surface area contributed by atoms with Crippen LogP contribution in [0.3, 0.4) is 0 Å². The Bertz CT molecular complexity index is 497. The van der Waals surface area contributed by atoms with Crippen molar-refractivity contribution in [2.45, 2.75) is 33.1 Å². The zero-order chi connectivity index (χ0) is 13.0. The lowest BCUT2D eigenvalue weighted by Crippen LogP contribution is -2.04. The number of hydrogen-bond acceptors (Lipinski definition) is 2. The van der Waals surface area contributed by atoms with E-state index in [4.69, 9.17) is 5.73 Å². The number of aromatic nitrogens is 2. The summed E-state index contributed by atoms with van der Waals surface area (Å²) in [6.45, 7) is 4.99. The van der Waals surface area contributed by atoms with Crippen molar-refractivity contribution in [1.29, 1.82) is 0 Å². The summed E-state index contributed by atoms with van der Waals surface area (Å²) in [7, 11) is 0. The fourth-order valence-electron chi connectivity index (χ4n) is 2.09. The Morgan fingerprint density at radius 1 is 1.11 bits per heavy atom. The Kier molecular flexibility index (Phi) is 4.15. The van der Waals surface area contributed by atoms with E-state index in [1.165, 1.54) is 11.3 Å². The molecule has 96 valence electrons. The molecule has 0 fully saturated rings. The zero-order valence-electron chi connectivity index (χ0n) is 11.2. The molecule has 0 saturated carbocycles. The van der Waals surface area contributed by atoms with Crippen LogP contribution in [0.15, 0.2) is 30.3 Å². The lowest BCUT2D eigenvalue weighted by Gasteiger charge is -2.07. The summed E-state index contributed by atoms with van der Waals surface area (Å²) in [6.07, 6.45) is 2.91. The molecule has 2 N–H and O–H groups in total. The molecular formula is C15H21N3. The maximum Gasteiger partial charge on any atom is 0.0649 e. The van der Waals surface area contributed by atoms with Gasteiger partial charge in [-0.2, -0.15) is 5.10 Å². The number of nitrogens with zero attached hydrogens (tertiary/aromatic N) is 2. The molecule has 2 rings (SSSR count). The van der Waals surface area contributed by atoms with E-state index in [2.05, 4.69) is 49.3 Å². The van der Waals surface area contributed by atoms with Gasteiger partial charge < -0.3 is 5.73 Å². The molecule has 0 bridgehead atoms. The third kappa shape index (κ3) is 2.62. The van der Waals surface area contributed by atoms with Crippen molar-refractivity contribution in [2.24, 2.45) is 5.73 Å². The van der Waals surface area contributed by atoms with Crippen molar-refractivity contribution in [3.8, 4) is 5.69 Å². The van der Waals surface area contributed by atoms with Gasteiger partial charge in [-0.1, -0.05) is 26.0 Å². The molecule has 0 aliphatic carbocycles. The van der Waals surface area contributed by atoms with E-state index in [1.807, 2.05) is 4.68 Å². The molecule has 2 aromatic rings. The SMILES string of the molecule is CCc1cc(CC)n(-c2ccc(CCN)cc2)n1. The van der Waals surface area contributed by atoms with Gasteiger partial charge in [-0.05, 0) is 49.6 Å². The summed E-state index contributed by atoms with van der Waals surface area (Å²) in [5.74, 6) is 0. The van der Waals surface area contributed by atoms with Crippen LogP contribution in [0.2, 0.25) is 0 Å². The molecule has 0 saturated heterocycles. The summed E-state index contributed by atoms with van der Waals surface area (Å²) in [6, 6.07) is 10.7. The Balaban J connectivity index is 2.32. The predicted octanol–water partition coefficient (Wildman–Crippen LogP) is 2.50. The van der Waals surface area contributed by atoms with Gasteiger partial charge in [0.1, 0.15) is 0 Å². The van der Waals surface area contributed by atoms with Gasteiger partial charge in [-0.15, -0.1) is 0 Å². The van der Waals surface area contributed by atoms with Crippen molar-refractivity contribution in [3.05, 3.63) is 47.3 Å². The third-order valence-electron chi connectivity index (χ3n) is 3.17. The molecule has 1 heterocycles. The first-order chi connectivity index (χ1) is 8.78. The van der Waals surface area contributed by atoms with E-state index in [-0.39, 0.29) is 0 Å². The van der Waals surface area contributed by atoms with Gasteiger partial charge in [0.2, 0.25) is 0 Å². The normalized spacial score (nSPS) is 10.8. The maximum absolute atomic E-state index is 5.56. The van der Waals surface area contributed by atoms with E-state index in [9.17, 15) is 0 Å². The predicted molar refractivity (Wildman–Crippen MR) is 75.1 cm³/mol. The van der Waals surface area contributed by atoms with E-state index in [0.29, 0.717) is 6.54 Å². The first kappa shape index (κ1) is 12.8. The zero-order valence-corrected chi connectivity index (χ0v) is 11.2. The van der Waals surface area contributed by atoms with Crippen LogP contribution in [0.1, 0.15) is 30.8 Å². The van der Waals surface area contributed by atoms with Crippen molar-refractivity contribution in [1.82, 2.24) is 9.78 Å². The van der Waals surface area contributed by atoms with Gasteiger partial charge in [0.05, 0.1) is 11.4 Å². The highest BCUT2D eigenvalue weighted by Crippen LogP contribution is 2.15. The Morgan fingerprint density at radius 3 is 2.39 bits per heavy atom. The molecule has 0 amide bonds. The summed E-state index contributed by atoms with van der Waals surface area (Å²) in [5.41, 5.74) is 10.4. The lowest BCUT2D eigenvalue weighted by atomic mass is 10.1. The minimum absolute atomic E-state index is 0.696. The number of hydrogen-bond donors (Lipinski definition) is 1. The first-order valence-corrected chi connectivity index (χ1v) is 6.65. The maximum atomic E-state index is 5.56. The number of rotatable bonds is 5. The molecule has 3 heteroatoms. The van der Waals surface area contributed by atoms with Crippen molar-refractivity contribution < 1.29 is 0 Å². The third-order valence-corrected chi connectivity index (χ3v) is 3.17. The first-order valence-electron chi connectivity index (χ1n) is 6.65. The highest BCUT2D eigenvalue weighted by Gasteiger charge is 2.06. The van der Waals surface area contributed by atoms with E-state index >= 15 is 0 Å². The molecule has 0 unspecified atom stereocenters. The summed E-state index contributed by atoms with van der Waals surface area (Å²) < 4.78 is 2.05. The minimum atomic E-state index is 0.696. The molecule has 0 aliphatic heterocycles. The summed E-state index contributed by atoms with van der Waals surface area (Å²) >= 11 is 0. The summed E-state index contributed by atoms with van der Waals surface area (Å²) in [5, 5.41) is 4.64. The largest absolute Gasteiger partial charge is 0.330 e. The number of benzene rings is 1. The van der Waals surface area contributed by atoms with Crippen LogP contribution in [0.4, 0.5) is 0 Å². The second kappa shape index (κ2) is 5.83. The van der Waals surface area contributed by atoms with Gasteiger partial charge in [-0.3, -0.25) is 0 Å². The monoisotopic (exact) mass is 243 g/mol. The fraction of sp³-hybridized carbons (Fsp3) is 0.400. The van der Waals surface area contributed by atoms with E-state index in [1.54, 1.807) is 0 Å². The number of nitrogens with two attached hydrogens (primary N) is 1. The highest BCUT2D eigenvalue weighted by molar-refractivity contribution is 5.36. The Hall–Kier alpha value is -1.61. The van der Waals surface area contributed by atoms with Crippen LogP contribution in [-0.4, -0.2) is 16.3 Å². The smallest absolute Gasteiger partial charge is 0.0649 e. The van der Waals surface area contributed by atoms with Gasteiger partial charge >= 0.3 is 0 Å².